The van der Waals surface area contributed by atoms with Crippen LogP contribution in [0.1, 0.15) is 20.3 Å². The molecule has 0 aromatic carbocycles. The van der Waals surface area contributed by atoms with Crippen LogP contribution in [0.2, 0.25) is 0 Å². The van der Waals surface area contributed by atoms with Crippen molar-refractivity contribution < 1.29 is 9.47 Å². The van der Waals surface area contributed by atoms with Gasteiger partial charge in [0.05, 0.1) is 18.2 Å². The van der Waals surface area contributed by atoms with E-state index in [2.05, 4.69) is 25.8 Å². The molecule has 70 valence electrons. The first-order chi connectivity index (χ1) is 5.70. The summed E-state index contributed by atoms with van der Waals surface area (Å²) in [6, 6.07) is 0.466. The number of fused-ring (bicyclic) bond motifs is 1. The van der Waals surface area contributed by atoms with Gasteiger partial charge in [-0.25, -0.2) is 0 Å². The van der Waals surface area contributed by atoms with Gasteiger partial charge in [-0.05, 0) is 27.3 Å². The highest BCUT2D eigenvalue weighted by Crippen LogP contribution is 2.30. The fourth-order valence-electron chi connectivity index (χ4n) is 2.28. The first-order valence-electron chi connectivity index (χ1n) is 4.69. The normalized spacial score (nSPS) is 49.2. The molecule has 2 aliphatic rings. The van der Waals surface area contributed by atoms with Crippen molar-refractivity contribution in [2.24, 2.45) is 0 Å². The van der Waals surface area contributed by atoms with Gasteiger partial charge in [0.15, 0.2) is 0 Å². The van der Waals surface area contributed by atoms with E-state index in [1.54, 1.807) is 0 Å². The summed E-state index contributed by atoms with van der Waals surface area (Å²) < 4.78 is 11.4. The average Bonchev–Trinajstić information content (AvgIpc) is 2.29. The van der Waals surface area contributed by atoms with Gasteiger partial charge >= 0.3 is 0 Å². The van der Waals surface area contributed by atoms with Crippen molar-refractivity contribution in [3.8, 4) is 0 Å². The Hall–Kier alpha value is -0.120. The van der Waals surface area contributed by atoms with E-state index >= 15 is 0 Å². The van der Waals surface area contributed by atoms with Gasteiger partial charge in [-0.15, -0.1) is 0 Å². The van der Waals surface area contributed by atoms with Gasteiger partial charge in [0.25, 0.3) is 0 Å². The lowest BCUT2D eigenvalue weighted by Gasteiger charge is -2.33. The molecule has 2 saturated heterocycles. The van der Waals surface area contributed by atoms with Gasteiger partial charge in [-0.2, -0.15) is 0 Å². The van der Waals surface area contributed by atoms with Crippen molar-refractivity contribution in [3.05, 3.63) is 0 Å². The summed E-state index contributed by atoms with van der Waals surface area (Å²) in [7, 11) is 2.11. The Bertz CT molecular complexity index is 174. The van der Waals surface area contributed by atoms with Gasteiger partial charge in [-0.3, -0.25) is 4.90 Å². The zero-order valence-electron chi connectivity index (χ0n) is 7.99. The van der Waals surface area contributed by atoms with E-state index in [0.29, 0.717) is 18.2 Å². The van der Waals surface area contributed by atoms with Crippen molar-refractivity contribution in [2.75, 3.05) is 13.7 Å². The fourth-order valence-corrected chi connectivity index (χ4v) is 2.28. The van der Waals surface area contributed by atoms with Crippen LogP contribution in [0.4, 0.5) is 0 Å². The summed E-state index contributed by atoms with van der Waals surface area (Å²) in [6.07, 6.45) is 2.01. The van der Waals surface area contributed by atoms with Crippen LogP contribution >= 0.6 is 0 Å². The Morgan fingerprint density at radius 3 is 2.75 bits per heavy atom. The Morgan fingerprint density at radius 2 is 2.08 bits per heavy atom. The molecule has 0 aliphatic carbocycles. The average molecular weight is 171 g/mol. The molecule has 3 nitrogen and oxygen atoms in total. The quantitative estimate of drug-likeness (QED) is 0.539. The molecule has 4 unspecified atom stereocenters. The monoisotopic (exact) mass is 171 g/mol. The fraction of sp³-hybridized carbons (Fsp3) is 1.00. The van der Waals surface area contributed by atoms with Gasteiger partial charge in [0.1, 0.15) is 6.23 Å². The topological polar surface area (TPSA) is 21.7 Å². The van der Waals surface area contributed by atoms with E-state index in [1.807, 2.05) is 0 Å². The molecule has 0 N–H and O–H groups in total. The largest absolute Gasteiger partial charge is 0.377 e. The van der Waals surface area contributed by atoms with E-state index in [-0.39, 0.29) is 6.23 Å². The summed E-state index contributed by atoms with van der Waals surface area (Å²) in [5, 5.41) is 0. The molecule has 2 heterocycles. The standard InChI is InChI=1S/C9H17NO2/c1-6-9-8(4-5-11-6)12-7(2)10(9)3/h6-9H,4-5H2,1-3H3. The van der Waals surface area contributed by atoms with Gasteiger partial charge in [-0.1, -0.05) is 0 Å². The molecule has 4 atom stereocenters. The van der Waals surface area contributed by atoms with E-state index in [4.69, 9.17) is 9.47 Å². The van der Waals surface area contributed by atoms with E-state index in [1.165, 1.54) is 0 Å². The molecule has 0 bridgehead atoms. The van der Waals surface area contributed by atoms with Crippen molar-refractivity contribution >= 4 is 0 Å². The Morgan fingerprint density at radius 1 is 1.33 bits per heavy atom. The SMILES string of the molecule is CC1OCCC2OC(C)N(C)C12. The molecule has 2 aliphatic heterocycles. The molecule has 0 spiro atoms. The highest BCUT2D eigenvalue weighted by atomic mass is 16.5. The minimum absolute atomic E-state index is 0.254. The van der Waals surface area contributed by atoms with Crippen LogP contribution in [0.15, 0.2) is 0 Å². The van der Waals surface area contributed by atoms with Crippen LogP contribution in [-0.2, 0) is 9.47 Å². The highest BCUT2D eigenvalue weighted by Gasteiger charge is 2.43. The summed E-state index contributed by atoms with van der Waals surface area (Å²) in [6.45, 7) is 5.09. The first-order valence-corrected chi connectivity index (χ1v) is 4.69. The molecule has 0 aromatic heterocycles. The predicted octanol–water partition coefficient (Wildman–Crippen LogP) is 0.840. The zero-order chi connectivity index (χ0) is 8.72. The number of rotatable bonds is 0. The van der Waals surface area contributed by atoms with Gasteiger partial charge in [0, 0.05) is 6.61 Å². The number of hydrogen-bond donors (Lipinski definition) is 0. The lowest BCUT2D eigenvalue weighted by atomic mass is 10.0. The minimum atomic E-state index is 0.254. The smallest absolute Gasteiger partial charge is 0.108 e. The molecular weight excluding hydrogens is 154 g/mol. The number of hydrogen-bond acceptors (Lipinski definition) is 3. The second-order valence-electron chi connectivity index (χ2n) is 3.79. The Balaban J connectivity index is 2.12. The molecule has 2 fully saturated rings. The van der Waals surface area contributed by atoms with Crippen LogP contribution in [0.25, 0.3) is 0 Å². The van der Waals surface area contributed by atoms with Gasteiger partial charge < -0.3 is 9.47 Å². The molecule has 0 aromatic rings. The number of likely N-dealkylation sites (N-methyl/N-ethyl adjacent to an activating group) is 1. The summed E-state index contributed by atoms with van der Waals surface area (Å²) >= 11 is 0. The lowest BCUT2D eigenvalue weighted by Crippen LogP contribution is -2.47. The van der Waals surface area contributed by atoms with Crippen LogP contribution < -0.4 is 0 Å². The van der Waals surface area contributed by atoms with Crippen molar-refractivity contribution in [1.29, 1.82) is 0 Å². The maximum atomic E-state index is 5.79. The lowest BCUT2D eigenvalue weighted by molar-refractivity contribution is -0.0526. The summed E-state index contributed by atoms with van der Waals surface area (Å²) in [4.78, 5) is 2.27. The first kappa shape index (κ1) is 8.48. The molecule has 0 amide bonds. The molecular formula is C9H17NO2. The molecule has 2 rings (SSSR count). The van der Waals surface area contributed by atoms with Gasteiger partial charge in [0.2, 0.25) is 0 Å². The summed E-state index contributed by atoms with van der Waals surface area (Å²) in [5.41, 5.74) is 0. The molecule has 0 radical (unpaired) electrons. The zero-order valence-corrected chi connectivity index (χ0v) is 7.99. The Labute approximate surface area is 73.6 Å². The molecule has 0 saturated carbocycles. The molecule has 3 heteroatoms. The van der Waals surface area contributed by atoms with Crippen LogP contribution in [-0.4, -0.2) is 43.0 Å². The van der Waals surface area contributed by atoms with Crippen molar-refractivity contribution in [1.82, 2.24) is 4.90 Å². The predicted molar refractivity (Wildman–Crippen MR) is 45.9 cm³/mol. The second-order valence-corrected chi connectivity index (χ2v) is 3.79. The van der Waals surface area contributed by atoms with E-state index in [0.717, 1.165) is 13.0 Å². The van der Waals surface area contributed by atoms with E-state index in [9.17, 15) is 0 Å². The maximum absolute atomic E-state index is 5.79. The Kier molecular flexibility index (Phi) is 2.10. The van der Waals surface area contributed by atoms with Crippen molar-refractivity contribution in [3.63, 3.8) is 0 Å². The molecule has 12 heavy (non-hydrogen) atoms. The third-order valence-electron chi connectivity index (χ3n) is 3.06. The third kappa shape index (κ3) is 1.16. The van der Waals surface area contributed by atoms with E-state index < -0.39 is 0 Å². The van der Waals surface area contributed by atoms with Crippen LogP contribution in [0.3, 0.4) is 0 Å². The van der Waals surface area contributed by atoms with Crippen molar-refractivity contribution in [2.45, 2.75) is 44.7 Å². The highest BCUT2D eigenvalue weighted by molar-refractivity contribution is 4.92. The van der Waals surface area contributed by atoms with Crippen LogP contribution in [0.5, 0.6) is 0 Å². The maximum Gasteiger partial charge on any atom is 0.108 e. The summed E-state index contributed by atoms with van der Waals surface area (Å²) in [5.74, 6) is 0. The van der Waals surface area contributed by atoms with Crippen LogP contribution in [0, 0.1) is 0 Å². The number of ether oxygens (including phenoxy) is 2. The number of nitrogens with zero attached hydrogens (tertiary/aromatic N) is 1. The minimum Gasteiger partial charge on any atom is -0.377 e. The second kappa shape index (κ2) is 2.98. The third-order valence-corrected chi connectivity index (χ3v) is 3.06.